The standard InChI is InChI=1S/C24H30Cl3N3O4S/c1-6-19(23(32)28-24(2,3)4)29(14-16-10-7-8-11-17(16)25)21(31)15-30(35(5,33)34)20-13-9-12-18(26)22(20)27/h7-13,19H,6,14-15H2,1-5H3,(H,28,32)/t19-/m0/s1. The van der Waals surface area contributed by atoms with Crippen LogP contribution in [0.5, 0.6) is 0 Å². The Morgan fingerprint density at radius 2 is 1.60 bits per heavy atom. The molecule has 35 heavy (non-hydrogen) atoms. The van der Waals surface area contributed by atoms with Crippen LogP contribution in [0.2, 0.25) is 15.1 Å². The van der Waals surface area contributed by atoms with Crippen molar-refractivity contribution in [2.45, 2.75) is 52.2 Å². The van der Waals surface area contributed by atoms with Gasteiger partial charge in [0.15, 0.2) is 0 Å². The first-order chi connectivity index (χ1) is 16.2. The molecule has 0 saturated carbocycles. The number of halogens is 3. The Bertz CT molecular complexity index is 1180. The number of sulfonamides is 1. The summed E-state index contributed by atoms with van der Waals surface area (Å²) < 4.78 is 26.2. The summed E-state index contributed by atoms with van der Waals surface area (Å²) in [5.41, 5.74) is 0.160. The van der Waals surface area contributed by atoms with Crippen LogP contribution in [0, 0.1) is 0 Å². The SMILES string of the molecule is CC[C@@H](C(=O)NC(C)(C)C)N(Cc1ccccc1Cl)C(=O)CN(c1cccc(Cl)c1Cl)S(C)(=O)=O. The second-order valence-corrected chi connectivity index (χ2v) is 12.2. The Labute approximate surface area is 222 Å². The van der Waals surface area contributed by atoms with Crippen LogP contribution in [0.1, 0.15) is 39.7 Å². The minimum atomic E-state index is -3.93. The first-order valence-corrected chi connectivity index (χ1v) is 13.9. The fraction of sp³-hybridized carbons (Fsp3) is 0.417. The molecule has 11 heteroatoms. The number of hydrogen-bond acceptors (Lipinski definition) is 4. The second kappa shape index (κ2) is 11.8. The summed E-state index contributed by atoms with van der Waals surface area (Å²) in [6.45, 7) is 6.72. The number of hydrogen-bond donors (Lipinski definition) is 1. The highest BCUT2D eigenvalue weighted by Crippen LogP contribution is 2.34. The average molecular weight is 563 g/mol. The van der Waals surface area contributed by atoms with Gasteiger partial charge in [-0.2, -0.15) is 0 Å². The largest absolute Gasteiger partial charge is 0.350 e. The Morgan fingerprint density at radius 3 is 2.14 bits per heavy atom. The zero-order valence-electron chi connectivity index (χ0n) is 20.3. The predicted molar refractivity (Wildman–Crippen MR) is 143 cm³/mol. The van der Waals surface area contributed by atoms with Crippen LogP contribution >= 0.6 is 34.8 Å². The van der Waals surface area contributed by atoms with Gasteiger partial charge in [-0.1, -0.05) is 66.0 Å². The van der Waals surface area contributed by atoms with Gasteiger partial charge in [0.2, 0.25) is 21.8 Å². The van der Waals surface area contributed by atoms with E-state index in [4.69, 9.17) is 34.8 Å². The van der Waals surface area contributed by atoms with Crippen LogP contribution in [0.4, 0.5) is 5.69 Å². The molecule has 0 saturated heterocycles. The van der Waals surface area contributed by atoms with Crippen LogP contribution in [-0.2, 0) is 26.2 Å². The molecule has 0 aliphatic heterocycles. The molecule has 0 bridgehead atoms. The van der Waals surface area contributed by atoms with Crippen molar-refractivity contribution in [1.29, 1.82) is 0 Å². The van der Waals surface area contributed by atoms with Crippen LogP contribution in [0.25, 0.3) is 0 Å². The molecular weight excluding hydrogens is 533 g/mol. The molecule has 0 aliphatic carbocycles. The van der Waals surface area contributed by atoms with Crippen molar-refractivity contribution >= 4 is 62.3 Å². The maximum Gasteiger partial charge on any atom is 0.244 e. The lowest BCUT2D eigenvalue weighted by Gasteiger charge is -2.34. The molecule has 0 radical (unpaired) electrons. The zero-order valence-corrected chi connectivity index (χ0v) is 23.4. The minimum Gasteiger partial charge on any atom is -0.350 e. The lowest BCUT2D eigenvalue weighted by molar-refractivity contribution is -0.141. The quantitative estimate of drug-likeness (QED) is 0.459. The van der Waals surface area contributed by atoms with Crippen molar-refractivity contribution in [2.75, 3.05) is 17.1 Å². The van der Waals surface area contributed by atoms with Crippen molar-refractivity contribution in [3.63, 3.8) is 0 Å². The first kappa shape index (κ1) is 29.2. The summed E-state index contributed by atoms with van der Waals surface area (Å²) in [6, 6.07) is 10.6. The van der Waals surface area contributed by atoms with Crippen LogP contribution in [0.3, 0.4) is 0 Å². The summed E-state index contributed by atoms with van der Waals surface area (Å²) in [6.07, 6.45) is 1.27. The number of rotatable bonds is 9. The van der Waals surface area contributed by atoms with E-state index in [1.807, 2.05) is 20.8 Å². The second-order valence-electron chi connectivity index (χ2n) is 9.12. The smallest absolute Gasteiger partial charge is 0.244 e. The van der Waals surface area contributed by atoms with Crippen molar-refractivity contribution in [2.24, 2.45) is 0 Å². The third-order valence-electron chi connectivity index (χ3n) is 5.06. The van der Waals surface area contributed by atoms with Crippen LogP contribution < -0.4 is 9.62 Å². The van der Waals surface area contributed by atoms with Gasteiger partial charge in [-0.05, 0) is 51.0 Å². The van der Waals surface area contributed by atoms with E-state index in [0.29, 0.717) is 17.0 Å². The Balaban J connectivity index is 2.52. The van der Waals surface area contributed by atoms with Gasteiger partial charge in [-0.15, -0.1) is 0 Å². The lowest BCUT2D eigenvalue weighted by Crippen LogP contribution is -2.55. The molecule has 0 heterocycles. The maximum absolute atomic E-state index is 13.7. The highest BCUT2D eigenvalue weighted by atomic mass is 35.5. The molecule has 0 fully saturated rings. The molecular formula is C24H30Cl3N3O4S. The number of nitrogens with one attached hydrogen (secondary N) is 1. The van der Waals surface area contributed by atoms with E-state index in [0.717, 1.165) is 10.6 Å². The van der Waals surface area contributed by atoms with E-state index >= 15 is 0 Å². The molecule has 0 aromatic heterocycles. The summed E-state index contributed by atoms with van der Waals surface area (Å²) >= 11 is 18.7. The van der Waals surface area contributed by atoms with E-state index in [2.05, 4.69) is 5.32 Å². The van der Waals surface area contributed by atoms with E-state index in [1.165, 1.54) is 17.0 Å². The minimum absolute atomic E-state index is 0.00237. The van der Waals surface area contributed by atoms with Crippen molar-refractivity contribution in [1.82, 2.24) is 10.2 Å². The highest BCUT2D eigenvalue weighted by molar-refractivity contribution is 7.92. The van der Waals surface area contributed by atoms with E-state index in [1.54, 1.807) is 37.3 Å². The molecule has 2 rings (SSSR count). The molecule has 2 aromatic carbocycles. The zero-order chi connectivity index (χ0) is 26.6. The molecule has 1 N–H and O–H groups in total. The van der Waals surface area contributed by atoms with Gasteiger partial charge in [0, 0.05) is 17.1 Å². The average Bonchev–Trinajstić information content (AvgIpc) is 2.73. The Morgan fingerprint density at radius 1 is 1.00 bits per heavy atom. The van der Waals surface area contributed by atoms with Gasteiger partial charge in [0.05, 0.1) is 22.0 Å². The topological polar surface area (TPSA) is 86.8 Å². The lowest BCUT2D eigenvalue weighted by atomic mass is 10.1. The van der Waals surface area contributed by atoms with E-state index < -0.39 is 34.1 Å². The van der Waals surface area contributed by atoms with E-state index in [9.17, 15) is 18.0 Å². The highest BCUT2D eigenvalue weighted by Gasteiger charge is 2.33. The Hall–Kier alpha value is -2.00. The maximum atomic E-state index is 13.7. The third-order valence-corrected chi connectivity index (χ3v) is 7.37. The molecule has 0 unspecified atom stereocenters. The van der Waals surface area contributed by atoms with Crippen molar-refractivity contribution in [3.05, 3.63) is 63.1 Å². The fourth-order valence-corrected chi connectivity index (χ4v) is 4.96. The normalized spacial score (nSPS) is 12.7. The number of amides is 2. The molecule has 7 nitrogen and oxygen atoms in total. The molecule has 2 amide bonds. The number of carbonyl (C=O) groups is 2. The van der Waals surface area contributed by atoms with E-state index in [-0.39, 0.29) is 28.2 Å². The van der Waals surface area contributed by atoms with Gasteiger partial charge in [-0.3, -0.25) is 13.9 Å². The third kappa shape index (κ3) is 8.00. The fourth-order valence-electron chi connectivity index (χ4n) is 3.46. The van der Waals surface area contributed by atoms with Gasteiger partial charge >= 0.3 is 0 Å². The predicted octanol–water partition coefficient (Wildman–Crippen LogP) is 5.13. The summed E-state index contributed by atoms with van der Waals surface area (Å²) in [7, 11) is -3.93. The number of benzene rings is 2. The summed E-state index contributed by atoms with van der Waals surface area (Å²) in [5, 5.41) is 3.48. The molecule has 2 aromatic rings. The summed E-state index contributed by atoms with van der Waals surface area (Å²) in [4.78, 5) is 28.2. The summed E-state index contributed by atoms with van der Waals surface area (Å²) in [5.74, 6) is -0.950. The van der Waals surface area contributed by atoms with Gasteiger partial charge < -0.3 is 10.2 Å². The number of nitrogens with zero attached hydrogens (tertiary/aromatic N) is 2. The van der Waals surface area contributed by atoms with Crippen LogP contribution in [0.15, 0.2) is 42.5 Å². The molecule has 1 atom stereocenters. The molecule has 192 valence electrons. The van der Waals surface area contributed by atoms with Crippen molar-refractivity contribution < 1.29 is 18.0 Å². The monoisotopic (exact) mass is 561 g/mol. The molecule has 0 spiro atoms. The van der Waals surface area contributed by atoms with Gasteiger partial charge in [0.25, 0.3) is 0 Å². The van der Waals surface area contributed by atoms with Gasteiger partial charge in [0.1, 0.15) is 12.6 Å². The Kier molecular flexibility index (Phi) is 9.87. The van der Waals surface area contributed by atoms with Crippen molar-refractivity contribution in [3.8, 4) is 0 Å². The van der Waals surface area contributed by atoms with Gasteiger partial charge in [-0.25, -0.2) is 8.42 Å². The number of anilines is 1. The van der Waals surface area contributed by atoms with Crippen LogP contribution in [-0.4, -0.2) is 49.5 Å². The molecule has 0 aliphatic rings. The number of carbonyl (C=O) groups excluding carboxylic acids is 2. The first-order valence-electron chi connectivity index (χ1n) is 10.9.